The maximum Gasteiger partial charge on any atom is 2.00 e. The number of esters is 1. The normalized spacial score (nSPS) is 9.40. The molecule has 0 fully saturated rings. The zero-order chi connectivity index (χ0) is 9.97. The molecule has 0 aliphatic heterocycles. The molecule has 2 rings (SSSR count). The van der Waals surface area contributed by atoms with E-state index in [-0.39, 0.29) is 31.9 Å². The molecule has 0 amide bonds. The molecule has 0 atom stereocenters. The largest absolute Gasteiger partial charge is 2.00 e. The first kappa shape index (κ1) is 12.0. The van der Waals surface area contributed by atoms with E-state index in [1.54, 1.807) is 6.07 Å². The van der Waals surface area contributed by atoms with Gasteiger partial charge in [-0.25, -0.2) is 0 Å². The number of carbonyl (C=O) groups is 1. The second kappa shape index (κ2) is 5.14. The van der Waals surface area contributed by atoms with Crippen molar-refractivity contribution in [2.45, 2.75) is 6.92 Å². The Bertz CT molecular complexity index is 483. The Morgan fingerprint density at radius 2 is 1.80 bits per heavy atom. The van der Waals surface area contributed by atoms with Crippen LogP contribution in [0.15, 0.2) is 42.5 Å². The van der Waals surface area contributed by atoms with Crippen molar-refractivity contribution in [3.05, 3.63) is 42.5 Å². The Kier molecular flexibility index (Phi) is 4.11. The van der Waals surface area contributed by atoms with E-state index in [9.17, 15) is 4.79 Å². The third-order valence-corrected chi connectivity index (χ3v) is 2.00. The Labute approximate surface area is 107 Å². The van der Waals surface area contributed by atoms with Gasteiger partial charge in [-0.3, -0.25) is 4.79 Å². The molecule has 0 aromatic heterocycles. The van der Waals surface area contributed by atoms with Gasteiger partial charge in [0.15, 0.2) is 0 Å². The van der Waals surface area contributed by atoms with Gasteiger partial charge in [-0.15, -0.1) is 0 Å². The summed E-state index contributed by atoms with van der Waals surface area (Å²) < 4.78 is 5.09. The second-order valence-electron chi connectivity index (χ2n) is 3.07. The van der Waals surface area contributed by atoms with E-state index >= 15 is 0 Å². The van der Waals surface area contributed by atoms with Crippen LogP contribution in [0.25, 0.3) is 10.8 Å². The van der Waals surface area contributed by atoms with Gasteiger partial charge in [0.05, 0.1) is 0 Å². The molecule has 0 heterocycles. The fraction of sp³-hybridized carbons (Fsp3) is 0.0833. The summed E-state index contributed by atoms with van der Waals surface area (Å²) in [6.45, 7) is 1.40. The predicted molar refractivity (Wildman–Crippen MR) is 63.2 cm³/mol. The van der Waals surface area contributed by atoms with Crippen LogP contribution in [0.2, 0.25) is 0 Å². The summed E-state index contributed by atoms with van der Waals surface area (Å²) in [6.07, 6.45) is 0. The topological polar surface area (TPSA) is 26.3 Å². The molecular weight excluding hydrogens is 200 g/mol. The molecule has 2 nitrogen and oxygen atoms in total. The third kappa shape index (κ3) is 2.70. The smallest absolute Gasteiger partial charge is 1.00 e. The molecule has 0 saturated heterocycles. The minimum Gasteiger partial charge on any atom is -1.00 e. The fourth-order valence-electron chi connectivity index (χ4n) is 1.44. The molecule has 15 heavy (non-hydrogen) atoms. The minimum absolute atomic E-state index is 0. The van der Waals surface area contributed by atoms with Gasteiger partial charge in [0.1, 0.15) is 5.75 Å². The average molecular weight is 213 g/mol. The van der Waals surface area contributed by atoms with Gasteiger partial charge >= 0.3 is 29.0 Å². The first-order chi connectivity index (χ1) is 6.77. The molecule has 0 saturated carbocycles. The maximum absolute atomic E-state index is 10.8. The molecule has 0 aliphatic rings. The Morgan fingerprint density at radius 3 is 2.53 bits per heavy atom. The van der Waals surface area contributed by atoms with E-state index in [4.69, 9.17) is 4.74 Å². The number of fused-ring (bicyclic) bond motifs is 1. The van der Waals surface area contributed by atoms with Crippen molar-refractivity contribution >= 4 is 39.8 Å². The summed E-state index contributed by atoms with van der Waals surface area (Å²) in [5.41, 5.74) is 0. The van der Waals surface area contributed by atoms with Crippen LogP contribution in [-0.4, -0.2) is 29.0 Å². The molecule has 0 radical (unpaired) electrons. The molecule has 0 bridgehead atoms. The van der Waals surface area contributed by atoms with Gasteiger partial charge in [0.2, 0.25) is 0 Å². The van der Waals surface area contributed by atoms with E-state index in [1.807, 2.05) is 36.4 Å². The van der Waals surface area contributed by atoms with E-state index in [2.05, 4.69) is 0 Å². The number of ether oxygens (including phenoxy) is 1. The molecule has 3 heteroatoms. The second-order valence-corrected chi connectivity index (χ2v) is 3.07. The first-order valence-corrected chi connectivity index (χ1v) is 4.43. The van der Waals surface area contributed by atoms with Gasteiger partial charge in [-0.05, 0) is 11.5 Å². The van der Waals surface area contributed by atoms with E-state index in [1.165, 1.54) is 6.92 Å². The van der Waals surface area contributed by atoms with Crippen LogP contribution in [0.5, 0.6) is 5.75 Å². The van der Waals surface area contributed by atoms with Gasteiger partial charge < -0.3 is 7.59 Å². The summed E-state index contributed by atoms with van der Waals surface area (Å²) in [4.78, 5) is 10.8. The first-order valence-electron chi connectivity index (χ1n) is 4.43. The zero-order valence-corrected chi connectivity index (χ0v) is 9.98. The zero-order valence-electron chi connectivity index (χ0n) is 10.6. The summed E-state index contributed by atoms with van der Waals surface area (Å²) in [5, 5.41) is 2.04. The van der Waals surface area contributed by atoms with Crippen molar-refractivity contribution in [1.82, 2.24) is 0 Å². The number of carbonyl (C=O) groups excluding carboxylic acids is 1. The summed E-state index contributed by atoms with van der Waals surface area (Å²) in [7, 11) is 0. The van der Waals surface area contributed by atoms with Crippen LogP contribution in [0.1, 0.15) is 9.78 Å². The fourth-order valence-corrected chi connectivity index (χ4v) is 1.44. The van der Waals surface area contributed by atoms with E-state index < -0.39 is 0 Å². The van der Waals surface area contributed by atoms with Crippen LogP contribution < -0.4 is 4.74 Å². The van der Waals surface area contributed by atoms with Crippen molar-refractivity contribution in [1.29, 1.82) is 0 Å². The quantitative estimate of drug-likeness (QED) is 0.413. The van der Waals surface area contributed by atoms with Crippen molar-refractivity contribution in [2.24, 2.45) is 0 Å². The number of rotatable bonds is 1. The predicted octanol–water partition coefficient (Wildman–Crippen LogP) is 2.61. The van der Waals surface area contributed by atoms with Crippen molar-refractivity contribution in [2.75, 3.05) is 0 Å². The summed E-state index contributed by atoms with van der Waals surface area (Å²) in [5.74, 6) is 0.331. The summed E-state index contributed by atoms with van der Waals surface area (Å²) >= 11 is 0. The third-order valence-electron chi connectivity index (χ3n) is 2.00. The Hall–Kier alpha value is -1.06. The Balaban J connectivity index is 0. The van der Waals surface area contributed by atoms with Gasteiger partial charge in [0.25, 0.3) is 0 Å². The van der Waals surface area contributed by atoms with Crippen molar-refractivity contribution in [3.8, 4) is 5.75 Å². The molecule has 2 aromatic carbocycles. The minimum atomic E-state index is -0.290. The van der Waals surface area contributed by atoms with Crippen LogP contribution in [-0.2, 0) is 4.79 Å². The number of hydrogen-bond acceptors (Lipinski definition) is 2. The monoisotopic (exact) mass is 212 g/mol. The summed E-state index contributed by atoms with van der Waals surface area (Å²) in [6, 6.07) is 13.5. The SMILES string of the molecule is CC(=O)Oc1cccc2ccccc12.[H-].[H-].[Mg+2]. The Morgan fingerprint density at radius 1 is 1.13 bits per heavy atom. The number of benzene rings is 2. The van der Waals surface area contributed by atoms with E-state index in [0.29, 0.717) is 5.75 Å². The molecular formula is C12H12MgO2. The van der Waals surface area contributed by atoms with Crippen molar-refractivity contribution in [3.63, 3.8) is 0 Å². The molecule has 74 valence electrons. The molecule has 0 aliphatic carbocycles. The van der Waals surface area contributed by atoms with Gasteiger partial charge in [0, 0.05) is 12.3 Å². The van der Waals surface area contributed by atoms with Crippen molar-refractivity contribution < 1.29 is 12.4 Å². The van der Waals surface area contributed by atoms with Crippen LogP contribution in [0.4, 0.5) is 0 Å². The van der Waals surface area contributed by atoms with E-state index in [0.717, 1.165) is 10.8 Å². The van der Waals surface area contributed by atoms with Gasteiger partial charge in [-0.2, -0.15) is 0 Å². The maximum atomic E-state index is 10.8. The molecule has 2 aromatic rings. The molecule has 0 spiro atoms. The average Bonchev–Trinajstić information content (AvgIpc) is 2.18. The standard InChI is InChI=1S/C12H10O2.Mg.2H/c1-9(13)14-12-8-4-6-10-5-2-3-7-11(10)12;;;/h2-8H,1H3;;;/q;+2;2*-1. The molecule has 0 N–H and O–H groups in total. The van der Waals surface area contributed by atoms with Crippen LogP contribution in [0, 0.1) is 0 Å². The van der Waals surface area contributed by atoms with Crippen LogP contribution >= 0.6 is 0 Å². The molecule has 0 unspecified atom stereocenters. The van der Waals surface area contributed by atoms with Gasteiger partial charge in [-0.1, -0.05) is 36.4 Å². The number of hydrogen-bond donors (Lipinski definition) is 0. The van der Waals surface area contributed by atoms with Crippen LogP contribution in [0.3, 0.4) is 0 Å².